The molecular formula is C22H33N3O2S. The van der Waals surface area contributed by atoms with Crippen LogP contribution in [0.5, 0.6) is 0 Å². The van der Waals surface area contributed by atoms with Crippen LogP contribution in [0.2, 0.25) is 0 Å². The average molecular weight is 404 g/mol. The molecule has 2 amide bonds. The fraction of sp³-hybridized carbons (Fsp3) is 0.727. The lowest BCUT2D eigenvalue weighted by Gasteiger charge is -2.37. The Hall–Kier alpha value is -1.40. The van der Waals surface area contributed by atoms with Crippen molar-refractivity contribution in [3.63, 3.8) is 0 Å². The summed E-state index contributed by atoms with van der Waals surface area (Å²) in [6.45, 7) is 11.1. The van der Waals surface area contributed by atoms with E-state index in [1.54, 1.807) is 11.3 Å². The van der Waals surface area contributed by atoms with Crippen LogP contribution in [-0.4, -0.2) is 72.3 Å². The Labute approximate surface area is 172 Å². The molecule has 5 nitrogen and oxygen atoms in total. The van der Waals surface area contributed by atoms with Gasteiger partial charge in [0, 0.05) is 56.6 Å². The molecule has 1 atom stereocenters. The highest BCUT2D eigenvalue weighted by molar-refractivity contribution is 7.14. The summed E-state index contributed by atoms with van der Waals surface area (Å²) in [5.41, 5.74) is 1.25. The zero-order chi connectivity index (χ0) is 19.7. The topological polar surface area (TPSA) is 43.9 Å². The quantitative estimate of drug-likeness (QED) is 0.776. The predicted molar refractivity (Wildman–Crippen MR) is 113 cm³/mol. The molecule has 1 aromatic rings. The summed E-state index contributed by atoms with van der Waals surface area (Å²) in [4.78, 5) is 34.5. The molecular weight excluding hydrogens is 370 g/mol. The Bertz CT molecular complexity index is 715. The molecule has 2 fully saturated rings. The summed E-state index contributed by atoms with van der Waals surface area (Å²) in [6, 6.07) is 2.08. The fourth-order valence-corrected chi connectivity index (χ4v) is 6.02. The molecule has 0 aromatic carbocycles. The van der Waals surface area contributed by atoms with Crippen molar-refractivity contribution in [2.24, 2.45) is 11.8 Å². The van der Waals surface area contributed by atoms with Crippen molar-refractivity contribution in [2.45, 2.75) is 46.0 Å². The average Bonchev–Trinajstić information content (AvgIpc) is 3.36. The number of hydrogen-bond acceptors (Lipinski definition) is 4. The van der Waals surface area contributed by atoms with Crippen molar-refractivity contribution < 1.29 is 9.59 Å². The summed E-state index contributed by atoms with van der Waals surface area (Å²) >= 11 is 1.66. The van der Waals surface area contributed by atoms with E-state index in [9.17, 15) is 9.59 Å². The van der Waals surface area contributed by atoms with Gasteiger partial charge in [0.25, 0.3) is 5.91 Å². The molecule has 2 saturated heterocycles. The molecule has 1 aromatic heterocycles. The third-order valence-corrected chi connectivity index (χ3v) is 7.57. The Balaban J connectivity index is 1.35. The first kappa shape index (κ1) is 19.9. The Morgan fingerprint density at radius 1 is 1.07 bits per heavy atom. The monoisotopic (exact) mass is 403 g/mol. The van der Waals surface area contributed by atoms with Crippen LogP contribution in [0.1, 0.15) is 53.2 Å². The van der Waals surface area contributed by atoms with E-state index in [2.05, 4.69) is 29.7 Å². The number of aryl methyl sites for hydroxylation is 1. The minimum atomic E-state index is 0.0912. The lowest BCUT2D eigenvalue weighted by molar-refractivity contribution is -0.137. The van der Waals surface area contributed by atoms with E-state index in [4.69, 9.17) is 0 Å². The van der Waals surface area contributed by atoms with Crippen LogP contribution in [0.15, 0.2) is 6.07 Å². The van der Waals surface area contributed by atoms with Crippen LogP contribution >= 0.6 is 11.3 Å². The minimum absolute atomic E-state index is 0.0912. The lowest BCUT2D eigenvalue weighted by atomic mass is 9.87. The smallest absolute Gasteiger partial charge is 0.263 e. The first-order valence-electron chi connectivity index (χ1n) is 10.9. The van der Waals surface area contributed by atoms with Crippen LogP contribution in [0.4, 0.5) is 0 Å². The van der Waals surface area contributed by atoms with Gasteiger partial charge in [0.15, 0.2) is 0 Å². The second-order valence-electron chi connectivity index (χ2n) is 9.02. The minimum Gasteiger partial charge on any atom is -0.340 e. The molecule has 3 aliphatic rings. The van der Waals surface area contributed by atoms with E-state index < -0.39 is 0 Å². The molecule has 1 unspecified atom stereocenters. The second-order valence-corrected chi connectivity index (χ2v) is 10.2. The highest BCUT2D eigenvalue weighted by Gasteiger charge is 2.32. The number of thiophene rings is 1. The largest absolute Gasteiger partial charge is 0.340 e. The van der Waals surface area contributed by atoms with E-state index in [1.807, 2.05) is 4.90 Å². The van der Waals surface area contributed by atoms with Crippen molar-refractivity contribution in [2.75, 3.05) is 45.8 Å². The van der Waals surface area contributed by atoms with E-state index in [0.717, 1.165) is 82.8 Å². The van der Waals surface area contributed by atoms with Gasteiger partial charge in [-0.25, -0.2) is 0 Å². The molecule has 6 heteroatoms. The molecule has 0 saturated carbocycles. The molecule has 3 heterocycles. The lowest BCUT2D eigenvalue weighted by Crippen LogP contribution is -2.51. The number of carbonyl (C=O) groups excluding carboxylic acids is 2. The normalized spacial score (nSPS) is 23.3. The molecule has 1 aliphatic carbocycles. The predicted octanol–water partition coefficient (Wildman–Crippen LogP) is 2.89. The van der Waals surface area contributed by atoms with Gasteiger partial charge >= 0.3 is 0 Å². The number of carbonyl (C=O) groups is 2. The molecule has 0 spiro atoms. The zero-order valence-electron chi connectivity index (χ0n) is 17.3. The van der Waals surface area contributed by atoms with Gasteiger partial charge in [-0.05, 0) is 49.7 Å². The number of rotatable bonds is 4. The molecule has 154 valence electrons. The first-order chi connectivity index (χ1) is 13.5. The van der Waals surface area contributed by atoms with E-state index in [1.165, 1.54) is 10.4 Å². The van der Waals surface area contributed by atoms with Gasteiger partial charge in [0.05, 0.1) is 4.88 Å². The third kappa shape index (κ3) is 4.28. The van der Waals surface area contributed by atoms with Crippen LogP contribution < -0.4 is 0 Å². The van der Waals surface area contributed by atoms with Crippen LogP contribution in [0.3, 0.4) is 0 Å². The molecule has 28 heavy (non-hydrogen) atoms. The maximum absolute atomic E-state index is 13.1. The number of nitrogens with zero attached hydrogens (tertiary/aromatic N) is 3. The summed E-state index contributed by atoms with van der Waals surface area (Å²) in [5, 5.41) is 0. The van der Waals surface area contributed by atoms with Crippen molar-refractivity contribution in [1.82, 2.24) is 14.7 Å². The molecule has 0 radical (unpaired) electrons. The maximum Gasteiger partial charge on any atom is 0.263 e. The van der Waals surface area contributed by atoms with Gasteiger partial charge < -0.3 is 9.80 Å². The number of amides is 2. The SMILES string of the molecule is CC(C)CN1CCN(C(=O)C2CCc3sc(C(=O)N4CCCC4)cc3C2)CC1. The number of hydrogen-bond donors (Lipinski definition) is 0. The number of likely N-dealkylation sites (tertiary alicyclic amines) is 1. The van der Waals surface area contributed by atoms with Crippen LogP contribution in [0.25, 0.3) is 0 Å². The van der Waals surface area contributed by atoms with Gasteiger partial charge in [0.1, 0.15) is 0 Å². The summed E-state index contributed by atoms with van der Waals surface area (Å²) in [7, 11) is 0. The van der Waals surface area contributed by atoms with Gasteiger partial charge in [-0.3, -0.25) is 14.5 Å². The van der Waals surface area contributed by atoms with Gasteiger partial charge in [0.2, 0.25) is 5.91 Å². The standard InChI is InChI=1S/C22H33N3O2S/c1-16(2)15-23-9-11-25(12-10-23)21(26)17-5-6-19-18(13-17)14-20(28-19)22(27)24-7-3-4-8-24/h14,16-17H,3-13,15H2,1-2H3. The van der Waals surface area contributed by atoms with E-state index >= 15 is 0 Å². The summed E-state index contributed by atoms with van der Waals surface area (Å²) in [5.74, 6) is 1.29. The molecule has 0 N–H and O–H groups in total. The van der Waals surface area contributed by atoms with Crippen molar-refractivity contribution in [3.05, 3.63) is 21.4 Å². The van der Waals surface area contributed by atoms with E-state index in [-0.39, 0.29) is 11.8 Å². The highest BCUT2D eigenvalue weighted by Crippen LogP contribution is 2.34. The van der Waals surface area contributed by atoms with Crippen LogP contribution in [-0.2, 0) is 17.6 Å². The Morgan fingerprint density at radius 3 is 2.46 bits per heavy atom. The number of piperazine rings is 1. The Kier molecular flexibility index (Phi) is 6.07. The zero-order valence-corrected chi connectivity index (χ0v) is 18.1. The maximum atomic E-state index is 13.1. The molecule has 4 rings (SSSR count). The summed E-state index contributed by atoms with van der Waals surface area (Å²) < 4.78 is 0. The summed E-state index contributed by atoms with van der Waals surface area (Å²) in [6.07, 6.45) is 4.92. The van der Waals surface area contributed by atoms with Gasteiger partial charge in [-0.1, -0.05) is 13.8 Å². The Morgan fingerprint density at radius 2 is 1.79 bits per heavy atom. The van der Waals surface area contributed by atoms with Gasteiger partial charge in [-0.15, -0.1) is 11.3 Å². The number of fused-ring (bicyclic) bond motifs is 1. The van der Waals surface area contributed by atoms with Crippen molar-refractivity contribution in [3.8, 4) is 0 Å². The molecule has 2 aliphatic heterocycles. The highest BCUT2D eigenvalue weighted by atomic mass is 32.1. The van der Waals surface area contributed by atoms with E-state index in [0.29, 0.717) is 11.8 Å². The van der Waals surface area contributed by atoms with Gasteiger partial charge in [-0.2, -0.15) is 0 Å². The second kappa shape index (κ2) is 8.54. The fourth-order valence-electron chi connectivity index (χ4n) is 4.84. The van der Waals surface area contributed by atoms with Crippen molar-refractivity contribution >= 4 is 23.2 Å². The van der Waals surface area contributed by atoms with Crippen molar-refractivity contribution in [1.29, 1.82) is 0 Å². The molecule has 0 bridgehead atoms. The first-order valence-corrected chi connectivity index (χ1v) is 11.7. The van der Waals surface area contributed by atoms with Crippen LogP contribution in [0, 0.1) is 11.8 Å². The third-order valence-electron chi connectivity index (χ3n) is 6.34.